The zero-order chi connectivity index (χ0) is 28.4. The average Bonchev–Trinajstić information content (AvgIpc) is 3.52. The van der Waals surface area contributed by atoms with Crippen molar-refractivity contribution in [2.75, 3.05) is 6.61 Å². The van der Waals surface area contributed by atoms with E-state index in [1.54, 1.807) is 51.1 Å². The van der Waals surface area contributed by atoms with Crippen LogP contribution in [-0.2, 0) is 9.53 Å². The number of rotatable bonds is 7. The standard InChI is InChI=1S/C31H27N3O5S/c1-5-37-22-12-10-20(11-13-22)28-27(30(36)38-18(2)3)19(4)33-31-34(28)29(35)26(40-31)16-23-14-15-25(39-23)24-9-7-6-8-21(24)17-32/h6-16,18,28H,5H2,1-4H3/b26-16+/t28-/m1/s1. The van der Waals surface area contributed by atoms with E-state index in [1.807, 2.05) is 43.3 Å². The first-order valence-electron chi connectivity index (χ1n) is 12.9. The van der Waals surface area contributed by atoms with E-state index < -0.39 is 12.0 Å². The summed E-state index contributed by atoms with van der Waals surface area (Å²) in [4.78, 5) is 32.2. The summed E-state index contributed by atoms with van der Waals surface area (Å²) in [5.41, 5.74) is 2.39. The Morgan fingerprint density at radius 3 is 2.62 bits per heavy atom. The van der Waals surface area contributed by atoms with Gasteiger partial charge in [-0.2, -0.15) is 5.26 Å². The molecule has 40 heavy (non-hydrogen) atoms. The number of fused-ring (bicyclic) bond motifs is 1. The molecule has 0 saturated carbocycles. The molecule has 0 bridgehead atoms. The number of nitriles is 1. The van der Waals surface area contributed by atoms with E-state index in [0.717, 1.165) is 5.56 Å². The molecule has 0 aliphatic carbocycles. The Morgan fingerprint density at radius 1 is 1.18 bits per heavy atom. The number of nitrogens with zero attached hydrogens (tertiary/aromatic N) is 3. The number of hydrogen-bond donors (Lipinski definition) is 0. The third-order valence-electron chi connectivity index (χ3n) is 6.30. The molecule has 9 heteroatoms. The summed E-state index contributed by atoms with van der Waals surface area (Å²) in [6.07, 6.45) is 1.32. The lowest BCUT2D eigenvalue weighted by Gasteiger charge is -2.25. The third-order valence-corrected chi connectivity index (χ3v) is 7.29. The van der Waals surface area contributed by atoms with Gasteiger partial charge in [-0.05, 0) is 69.7 Å². The van der Waals surface area contributed by atoms with Crippen LogP contribution in [0.3, 0.4) is 0 Å². The second kappa shape index (κ2) is 11.2. The van der Waals surface area contributed by atoms with Gasteiger partial charge in [-0.15, -0.1) is 0 Å². The normalized spacial score (nSPS) is 15.0. The predicted octanol–water partition coefficient (Wildman–Crippen LogP) is 4.72. The molecule has 1 aliphatic rings. The average molecular weight is 554 g/mol. The molecule has 0 saturated heterocycles. The highest BCUT2D eigenvalue weighted by molar-refractivity contribution is 7.07. The van der Waals surface area contributed by atoms with Crippen molar-refractivity contribution in [2.24, 2.45) is 4.99 Å². The summed E-state index contributed by atoms with van der Waals surface area (Å²) in [6.45, 7) is 7.74. The summed E-state index contributed by atoms with van der Waals surface area (Å²) in [5, 5.41) is 9.45. The van der Waals surface area contributed by atoms with Crippen molar-refractivity contribution in [1.29, 1.82) is 5.26 Å². The summed E-state index contributed by atoms with van der Waals surface area (Å²) < 4.78 is 19.1. The summed E-state index contributed by atoms with van der Waals surface area (Å²) in [5.74, 6) is 1.16. The number of hydrogen-bond acceptors (Lipinski definition) is 8. The number of allylic oxidation sites excluding steroid dienone is 1. The highest BCUT2D eigenvalue weighted by atomic mass is 32.1. The molecule has 8 nitrogen and oxygen atoms in total. The van der Waals surface area contributed by atoms with Crippen LogP contribution in [0.4, 0.5) is 0 Å². The number of furan rings is 1. The second-order valence-corrected chi connectivity index (χ2v) is 10.4. The van der Waals surface area contributed by atoms with Gasteiger partial charge >= 0.3 is 5.97 Å². The van der Waals surface area contributed by atoms with Gasteiger partial charge in [-0.3, -0.25) is 9.36 Å². The lowest BCUT2D eigenvalue weighted by molar-refractivity contribution is -0.143. The molecule has 202 valence electrons. The Hall–Kier alpha value is -4.68. The van der Waals surface area contributed by atoms with Gasteiger partial charge in [0.2, 0.25) is 0 Å². The largest absolute Gasteiger partial charge is 0.494 e. The number of thiazole rings is 1. The number of aromatic nitrogens is 1. The van der Waals surface area contributed by atoms with Gasteiger partial charge in [0.05, 0.1) is 46.2 Å². The zero-order valence-electron chi connectivity index (χ0n) is 22.5. The maximum absolute atomic E-state index is 13.8. The van der Waals surface area contributed by atoms with Crippen LogP contribution in [0.15, 0.2) is 86.1 Å². The Bertz CT molecular complexity index is 1830. The maximum atomic E-state index is 13.8. The van der Waals surface area contributed by atoms with Crippen LogP contribution in [0, 0.1) is 11.3 Å². The van der Waals surface area contributed by atoms with Crippen molar-refractivity contribution in [1.82, 2.24) is 4.57 Å². The fourth-order valence-corrected chi connectivity index (χ4v) is 5.62. The first-order valence-corrected chi connectivity index (χ1v) is 13.7. The summed E-state index contributed by atoms with van der Waals surface area (Å²) >= 11 is 1.22. The van der Waals surface area contributed by atoms with Crippen molar-refractivity contribution in [3.05, 3.63) is 109 Å². The van der Waals surface area contributed by atoms with Gasteiger partial charge in [0.15, 0.2) is 4.80 Å². The molecule has 1 aliphatic heterocycles. The van der Waals surface area contributed by atoms with E-state index in [0.29, 0.717) is 55.6 Å². The van der Waals surface area contributed by atoms with Crippen molar-refractivity contribution < 1.29 is 18.7 Å². The van der Waals surface area contributed by atoms with Crippen LogP contribution in [0.2, 0.25) is 0 Å². The molecule has 0 amide bonds. The van der Waals surface area contributed by atoms with Crippen molar-refractivity contribution in [2.45, 2.75) is 39.8 Å². The molecule has 0 unspecified atom stereocenters. The molecular formula is C31H27N3O5S. The highest BCUT2D eigenvalue weighted by Gasteiger charge is 2.33. The van der Waals surface area contributed by atoms with Crippen LogP contribution in [0.5, 0.6) is 5.75 Å². The lowest BCUT2D eigenvalue weighted by Crippen LogP contribution is -2.40. The first kappa shape index (κ1) is 26.9. The molecule has 4 aromatic rings. The van der Waals surface area contributed by atoms with Crippen LogP contribution in [0.1, 0.15) is 50.6 Å². The topological polar surface area (TPSA) is 107 Å². The minimum Gasteiger partial charge on any atom is -0.494 e. The Labute approximate surface area is 234 Å². The van der Waals surface area contributed by atoms with E-state index in [9.17, 15) is 14.9 Å². The molecule has 2 aromatic heterocycles. The molecule has 1 atom stereocenters. The Morgan fingerprint density at radius 2 is 1.93 bits per heavy atom. The number of carbonyl (C=O) groups is 1. The number of carbonyl (C=O) groups excluding carboxylic acids is 1. The van der Waals surface area contributed by atoms with E-state index >= 15 is 0 Å². The van der Waals surface area contributed by atoms with Gasteiger partial charge in [0.25, 0.3) is 5.56 Å². The Balaban J connectivity index is 1.63. The van der Waals surface area contributed by atoms with Gasteiger partial charge < -0.3 is 13.9 Å². The molecule has 0 fully saturated rings. The van der Waals surface area contributed by atoms with Gasteiger partial charge in [0.1, 0.15) is 17.3 Å². The molecule has 0 N–H and O–H groups in total. The first-order chi connectivity index (χ1) is 19.3. The van der Waals surface area contributed by atoms with Gasteiger partial charge in [-0.25, -0.2) is 9.79 Å². The molecule has 3 heterocycles. The minimum absolute atomic E-state index is 0.305. The number of benzene rings is 2. The van der Waals surface area contributed by atoms with Crippen LogP contribution < -0.4 is 19.6 Å². The van der Waals surface area contributed by atoms with E-state index in [2.05, 4.69) is 11.1 Å². The van der Waals surface area contributed by atoms with Crippen molar-refractivity contribution in [3.63, 3.8) is 0 Å². The van der Waals surface area contributed by atoms with E-state index in [4.69, 9.17) is 13.9 Å². The van der Waals surface area contributed by atoms with E-state index in [1.165, 1.54) is 15.9 Å². The van der Waals surface area contributed by atoms with E-state index in [-0.39, 0.29) is 11.7 Å². The summed E-state index contributed by atoms with van der Waals surface area (Å²) in [7, 11) is 0. The second-order valence-electron chi connectivity index (χ2n) is 9.40. The number of esters is 1. The fourth-order valence-electron chi connectivity index (χ4n) is 4.59. The zero-order valence-corrected chi connectivity index (χ0v) is 23.3. The van der Waals surface area contributed by atoms with Crippen molar-refractivity contribution in [3.8, 4) is 23.1 Å². The maximum Gasteiger partial charge on any atom is 0.338 e. The van der Waals surface area contributed by atoms with Crippen molar-refractivity contribution >= 4 is 23.4 Å². The molecule has 5 rings (SSSR count). The number of ether oxygens (including phenoxy) is 2. The highest BCUT2D eigenvalue weighted by Crippen LogP contribution is 2.32. The third kappa shape index (κ3) is 5.14. The lowest BCUT2D eigenvalue weighted by atomic mass is 9.96. The van der Waals surface area contributed by atoms with Crippen LogP contribution >= 0.6 is 11.3 Å². The van der Waals surface area contributed by atoms with Crippen LogP contribution in [0.25, 0.3) is 17.4 Å². The molecule has 2 aromatic carbocycles. The Kier molecular flexibility index (Phi) is 7.54. The van der Waals surface area contributed by atoms with Crippen LogP contribution in [-0.4, -0.2) is 23.2 Å². The monoisotopic (exact) mass is 553 g/mol. The quantitative estimate of drug-likeness (QED) is 0.307. The van der Waals surface area contributed by atoms with Gasteiger partial charge in [-0.1, -0.05) is 35.6 Å². The summed E-state index contributed by atoms with van der Waals surface area (Å²) in [6, 6.07) is 19.5. The molecule has 0 radical (unpaired) electrons. The molecule has 0 spiro atoms. The minimum atomic E-state index is -0.727. The smallest absolute Gasteiger partial charge is 0.338 e. The predicted molar refractivity (Wildman–Crippen MR) is 151 cm³/mol. The fraction of sp³-hybridized carbons (Fsp3) is 0.226. The molecular weight excluding hydrogens is 526 g/mol. The van der Waals surface area contributed by atoms with Gasteiger partial charge in [0, 0.05) is 11.6 Å². The SMILES string of the molecule is CCOc1ccc([C@@H]2C(C(=O)OC(C)C)=C(C)N=c3s/c(=C/c4ccc(-c5ccccc5C#N)o4)c(=O)n32)cc1.